The van der Waals surface area contributed by atoms with Crippen LogP contribution in [0.3, 0.4) is 0 Å². The molecule has 0 spiro atoms. The monoisotopic (exact) mass is 285 g/mol. The van der Waals surface area contributed by atoms with E-state index in [9.17, 15) is 4.79 Å². The maximum absolute atomic E-state index is 11.6. The minimum absolute atomic E-state index is 0.0536. The number of unbranched alkanes of at least 4 members (excludes halogenated alkanes) is 1. The number of carbonyl (C=O) groups is 1. The maximum Gasteiger partial charge on any atom is 0.432 e. The van der Waals surface area contributed by atoms with Gasteiger partial charge in [0.15, 0.2) is 0 Å². The molecule has 19 heavy (non-hydrogen) atoms. The number of aryl methyl sites for hydroxylation is 1. The van der Waals surface area contributed by atoms with Gasteiger partial charge in [-0.25, -0.2) is 9.78 Å². The summed E-state index contributed by atoms with van der Waals surface area (Å²) in [6, 6.07) is 0.0536. The van der Waals surface area contributed by atoms with Crippen LogP contribution in [0.2, 0.25) is 0 Å². The maximum atomic E-state index is 11.6. The fourth-order valence-corrected chi connectivity index (χ4v) is 2.68. The van der Waals surface area contributed by atoms with Gasteiger partial charge in [0.1, 0.15) is 11.4 Å². The second-order valence-corrected chi connectivity index (χ2v) is 5.64. The molecule has 1 rings (SSSR count). The topological polar surface area (TPSA) is 56.2 Å². The number of carbonyl (C=O) groups excluding carboxylic acids is 1. The molecule has 0 atom stereocenters. The van der Waals surface area contributed by atoms with Gasteiger partial charge in [-0.15, -0.1) is 11.8 Å². The van der Waals surface area contributed by atoms with Crippen molar-refractivity contribution in [2.24, 2.45) is 0 Å². The first-order chi connectivity index (χ1) is 9.08. The van der Waals surface area contributed by atoms with Crippen LogP contribution in [-0.2, 0) is 6.42 Å². The Morgan fingerprint density at radius 2 is 2.26 bits per heavy atom. The van der Waals surface area contributed by atoms with Crippen molar-refractivity contribution in [3.8, 4) is 0 Å². The Hall–Kier alpha value is -1.17. The molecule has 0 aliphatic carbocycles. The molecule has 0 radical (unpaired) electrons. The fraction of sp³-hybridized carbons (Fsp3) is 0.692. The molecule has 0 saturated carbocycles. The number of hydrogen-bond donors (Lipinski definition) is 1. The molecule has 5 nitrogen and oxygen atoms in total. The number of aromatic nitrogens is 2. The highest BCUT2D eigenvalue weighted by atomic mass is 32.2. The highest BCUT2D eigenvalue weighted by Gasteiger charge is 2.14. The van der Waals surface area contributed by atoms with Crippen molar-refractivity contribution in [2.45, 2.75) is 58.0 Å². The smallest absolute Gasteiger partial charge is 0.317 e. The van der Waals surface area contributed by atoms with Crippen molar-refractivity contribution >= 4 is 17.9 Å². The lowest BCUT2D eigenvalue weighted by molar-refractivity contribution is 0.120. The summed E-state index contributed by atoms with van der Waals surface area (Å²) in [5.41, 5.74) is 0.971. The minimum Gasteiger partial charge on any atom is -0.317 e. The van der Waals surface area contributed by atoms with Crippen molar-refractivity contribution in [3.05, 3.63) is 12.0 Å². The standard InChI is InChI=1S/C13H23N3O2S/c1-5-7-8-19-12-11(6-2)14-9-16(12)18-13(17)15-10(3)4/h9-10H,5-8H2,1-4H3,(H,15,17). The van der Waals surface area contributed by atoms with Gasteiger partial charge in [0.05, 0.1) is 5.69 Å². The third-order valence-electron chi connectivity index (χ3n) is 2.42. The van der Waals surface area contributed by atoms with Gasteiger partial charge >= 0.3 is 6.09 Å². The van der Waals surface area contributed by atoms with Crippen LogP contribution < -0.4 is 10.2 Å². The highest BCUT2D eigenvalue weighted by Crippen LogP contribution is 2.23. The Kier molecular flexibility index (Phi) is 6.77. The second-order valence-electron chi connectivity index (χ2n) is 4.56. The number of nitrogens with zero attached hydrogens (tertiary/aromatic N) is 2. The molecular formula is C13H23N3O2S. The van der Waals surface area contributed by atoms with Crippen molar-refractivity contribution in [1.82, 2.24) is 15.0 Å². The van der Waals surface area contributed by atoms with Gasteiger partial charge in [-0.05, 0) is 32.4 Å². The van der Waals surface area contributed by atoms with E-state index in [-0.39, 0.29) is 6.04 Å². The zero-order valence-electron chi connectivity index (χ0n) is 12.1. The predicted molar refractivity (Wildman–Crippen MR) is 77.5 cm³/mol. The van der Waals surface area contributed by atoms with Gasteiger partial charge in [0, 0.05) is 6.04 Å². The average molecular weight is 285 g/mol. The van der Waals surface area contributed by atoms with Crippen molar-refractivity contribution in [3.63, 3.8) is 0 Å². The van der Waals surface area contributed by atoms with Crippen molar-refractivity contribution in [1.29, 1.82) is 0 Å². The number of rotatable bonds is 7. The normalized spacial score (nSPS) is 10.8. The lowest BCUT2D eigenvalue weighted by Crippen LogP contribution is -2.36. The molecule has 1 heterocycles. The summed E-state index contributed by atoms with van der Waals surface area (Å²) in [5.74, 6) is 1.00. The van der Waals surface area contributed by atoms with E-state index < -0.39 is 6.09 Å². The van der Waals surface area contributed by atoms with E-state index in [1.165, 1.54) is 4.73 Å². The molecule has 0 saturated heterocycles. The Morgan fingerprint density at radius 3 is 2.84 bits per heavy atom. The Labute approximate surface area is 119 Å². The number of hydrogen-bond acceptors (Lipinski definition) is 4. The zero-order valence-corrected chi connectivity index (χ0v) is 12.9. The molecule has 0 unspecified atom stereocenters. The molecule has 1 N–H and O–H groups in total. The van der Waals surface area contributed by atoms with E-state index in [1.807, 2.05) is 20.8 Å². The summed E-state index contributed by atoms with van der Waals surface area (Å²) in [5, 5.41) is 3.62. The van der Waals surface area contributed by atoms with E-state index in [2.05, 4.69) is 17.2 Å². The quantitative estimate of drug-likeness (QED) is 0.618. The molecule has 1 aromatic heterocycles. The minimum atomic E-state index is -0.451. The van der Waals surface area contributed by atoms with Crippen LogP contribution in [0.15, 0.2) is 11.4 Å². The second kappa shape index (κ2) is 8.09. The van der Waals surface area contributed by atoms with Crippen LogP contribution in [-0.4, -0.2) is 27.6 Å². The third kappa shape index (κ3) is 5.14. The first-order valence-corrected chi connectivity index (χ1v) is 7.74. The van der Waals surface area contributed by atoms with Crippen LogP contribution in [0, 0.1) is 0 Å². The Morgan fingerprint density at radius 1 is 1.53 bits per heavy atom. The lowest BCUT2D eigenvalue weighted by atomic mass is 10.4. The lowest BCUT2D eigenvalue weighted by Gasteiger charge is -2.11. The van der Waals surface area contributed by atoms with Gasteiger partial charge in [-0.2, -0.15) is 4.73 Å². The molecule has 1 aromatic rings. The van der Waals surface area contributed by atoms with Crippen molar-refractivity contribution < 1.29 is 9.63 Å². The summed E-state index contributed by atoms with van der Waals surface area (Å²) in [7, 11) is 0. The molecule has 0 bridgehead atoms. The molecule has 108 valence electrons. The summed E-state index contributed by atoms with van der Waals surface area (Å²) in [6.45, 7) is 7.99. The van der Waals surface area contributed by atoms with Crippen LogP contribution in [0.1, 0.15) is 46.2 Å². The van der Waals surface area contributed by atoms with Crippen LogP contribution in [0.4, 0.5) is 4.79 Å². The first kappa shape index (κ1) is 15.9. The van der Waals surface area contributed by atoms with Gasteiger partial charge in [-0.1, -0.05) is 20.3 Å². The average Bonchev–Trinajstić information content (AvgIpc) is 2.71. The van der Waals surface area contributed by atoms with Gasteiger partial charge in [-0.3, -0.25) is 0 Å². The molecule has 0 aliphatic rings. The number of imidazole rings is 1. The number of nitrogens with one attached hydrogen (secondary N) is 1. The Balaban J connectivity index is 2.70. The number of amides is 1. The van der Waals surface area contributed by atoms with E-state index in [4.69, 9.17) is 4.84 Å². The molecule has 6 heteroatoms. The predicted octanol–water partition coefficient (Wildman–Crippen LogP) is 2.88. The van der Waals surface area contributed by atoms with Crippen LogP contribution in [0.25, 0.3) is 0 Å². The Bertz CT molecular complexity index is 405. The molecule has 0 fully saturated rings. The summed E-state index contributed by atoms with van der Waals surface area (Å²) in [6.07, 6.45) is 4.23. The third-order valence-corrected chi connectivity index (χ3v) is 3.61. The molecule has 0 aliphatic heterocycles. The van der Waals surface area contributed by atoms with Gasteiger partial charge < -0.3 is 10.2 Å². The van der Waals surface area contributed by atoms with E-state index in [0.717, 1.165) is 35.7 Å². The van der Waals surface area contributed by atoms with Crippen molar-refractivity contribution in [2.75, 3.05) is 5.75 Å². The van der Waals surface area contributed by atoms with Gasteiger partial charge in [0.25, 0.3) is 0 Å². The summed E-state index contributed by atoms with van der Waals surface area (Å²) in [4.78, 5) is 21.1. The van der Waals surface area contributed by atoms with E-state index >= 15 is 0 Å². The molecule has 0 aromatic carbocycles. The molecular weight excluding hydrogens is 262 g/mol. The summed E-state index contributed by atoms with van der Waals surface area (Å²) < 4.78 is 1.47. The SMILES string of the molecule is CCCCSc1c(CC)ncn1OC(=O)NC(C)C. The van der Waals surface area contributed by atoms with E-state index in [1.54, 1.807) is 18.1 Å². The largest absolute Gasteiger partial charge is 0.432 e. The fourth-order valence-electron chi connectivity index (χ4n) is 1.48. The number of thioether (sulfide) groups is 1. The first-order valence-electron chi connectivity index (χ1n) is 6.76. The van der Waals surface area contributed by atoms with E-state index in [0.29, 0.717) is 0 Å². The van der Waals surface area contributed by atoms with Crippen LogP contribution in [0.5, 0.6) is 0 Å². The molecule has 1 amide bonds. The van der Waals surface area contributed by atoms with Crippen LogP contribution >= 0.6 is 11.8 Å². The van der Waals surface area contributed by atoms with Gasteiger partial charge in [0.2, 0.25) is 0 Å². The zero-order chi connectivity index (χ0) is 14.3. The highest BCUT2D eigenvalue weighted by molar-refractivity contribution is 7.99. The summed E-state index contributed by atoms with van der Waals surface area (Å²) >= 11 is 1.69.